The fourth-order valence-electron chi connectivity index (χ4n) is 2.05. The minimum absolute atomic E-state index is 0.242. The van der Waals surface area contributed by atoms with Crippen LogP contribution < -0.4 is 10.6 Å². The molecule has 0 saturated heterocycles. The van der Waals surface area contributed by atoms with Crippen molar-refractivity contribution in [3.05, 3.63) is 84.4 Å². The van der Waals surface area contributed by atoms with Crippen LogP contribution in [-0.4, -0.2) is 21.8 Å². The Morgan fingerprint density at radius 1 is 0.667 bits per heavy atom. The number of rotatable bonds is 4. The van der Waals surface area contributed by atoms with Crippen LogP contribution in [0.5, 0.6) is 0 Å². The first-order chi connectivity index (χ1) is 11.7. The second-order valence-electron chi connectivity index (χ2n) is 4.97. The van der Waals surface area contributed by atoms with Gasteiger partial charge in [0.1, 0.15) is 0 Å². The number of benzene rings is 1. The summed E-state index contributed by atoms with van der Waals surface area (Å²) in [4.78, 5) is 32.0. The molecule has 3 aromatic rings. The maximum Gasteiger partial charge on any atom is 0.257 e. The number of anilines is 2. The van der Waals surface area contributed by atoms with Crippen LogP contribution in [0.1, 0.15) is 20.7 Å². The largest absolute Gasteiger partial charge is 0.322 e. The topological polar surface area (TPSA) is 84.0 Å². The number of hydrogen-bond donors (Lipinski definition) is 2. The van der Waals surface area contributed by atoms with Crippen LogP contribution in [0.3, 0.4) is 0 Å². The summed E-state index contributed by atoms with van der Waals surface area (Å²) in [5, 5.41) is 5.50. The van der Waals surface area contributed by atoms with Gasteiger partial charge >= 0.3 is 0 Å². The fraction of sp³-hybridized carbons (Fsp3) is 0. The highest BCUT2D eigenvalue weighted by atomic mass is 16.2. The summed E-state index contributed by atoms with van der Waals surface area (Å²) in [6, 6.07) is 13.5. The van der Waals surface area contributed by atoms with Crippen LogP contribution in [0.15, 0.2) is 73.3 Å². The molecule has 0 saturated carbocycles. The van der Waals surface area contributed by atoms with Gasteiger partial charge in [-0.3, -0.25) is 19.6 Å². The first-order valence-corrected chi connectivity index (χ1v) is 7.25. The summed E-state index contributed by atoms with van der Waals surface area (Å²) < 4.78 is 0. The number of carbonyl (C=O) groups is 2. The molecule has 0 aliphatic heterocycles. The van der Waals surface area contributed by atoms with Crippen LogP contribution in [0.4, 0.5) is 11.4 Å². The number of amides is 2. The second kappa shape index (κ2) is 7.15. The molecule has 3 rings (SSSR count). The van der Waals surface area contributed by atoms with Gasteiger partial charge in [0, 0.05) is 29.8 Å². The van der Waals surface area contributed by atoms with E-state index in [4.69, 9.17) is 0 Å². The van der Waals surface area contributed by atoms with E-state index >= 15 is 0 Å². The Bertz CT molecular complexity index is 834. The molecule has 118 valence electrons. The quantitative estimate of drug-likeness (QED) is 0.774. The zero-order valence-corrected chi connectivity index (χ0v) is 12.6. The average molecular weight is 318 g/mol. The van der Waals surface area contributed by atoms with E-state index in [1.807, 2.05) is 0 Å². The molecule has 2 aromatic heterocycles. The van der Waals surface area contributed by atoms with Gasteiger partial charge in [-0.2, -0.15) is 0 Å². The Morgan fingerprint density at radius 2 is 1.29 bits per heavy atom. The summed E-state index contributed by atoms with van der Waals surface area (Å²) in [6.07, 6.45) is 6.30. The highest BCUT2D eigenvalue weighted by molar-refractivity contribution is 6.06. The smallest absolute Gasteiger partial charge is 0.257 e. The summed E-state index contributed by atoms with van der Waals surface area (Å²) in [6.45, 7) is 0. The minimum Gasteiger partial charge on any atom is -0.322 e. The Morgan fingerprint density at radius 3 is 1.92 bits per heavy atom. The van der Waals surface area contributed by atoms with Crippen molar-refractivity contribution in [1.29, 1.82) is 0 Å². The van der Waals surface area contributed by atoms with E-state index in [0.717, 1.165) is 0 Å². The number of nitrogens with zero attached hydrogens (tertiary/aromatic N) is 2. The van der Waals surface area contributed by atoms with Gasteiger partial charge in [-0.05, 0) is 48.5 Å². The Balaban J connectivity index is 1.65. The second-order valence-corrected chi connectivity index (χ2v) is 4.97. The first kappa shape index (κ1) is 15.4. The van der Waals surface area contributed by atoms with Gasteiger partial charge in [-0.1, -0.05) is 0 Å². The molecule has 0 atom stereocenters. The lowest BCUT2D eigenvalue weighted by Crippen LogP contribution is -2.13. The van der Waals surface area contributed by atoms with Gasteiger partial charge in [0.15, 0.2) is 0 Å². The predicted octanol–water partition coefficient (Wildman–Crippen LogP) is 2.98. The third-order valence-corrected chi connectivity index (χ3v) is 3.25. The van der Waals surface area contributed by atoms with Crippen molar-refractivity contribution in [3.8, 4) is 0 Å². The molecule has 0 fully saturated rings. The van der Waals surface area contributed by atoms with Crippen molar-refractivity contribution >= 4 is 23.2 Å². The van der Waals surface area contributed by atoms with E-state index in [2.05, 4.69) is 20.6 Å². The molecule has 1 aromatic carbocycles. The molecular formula is C18H14N4O2. The number of pyridine rings is 2. The third-order valence-electron chi connectivity index (χ3n) is 3.25. The maximum absolute atomic E-state index is 12.1. The van der Waals surface area contributed by atoms with Crippen molar-refractivity contribution in [2.45, 2.75) is 0 Å². The van der Waals surface area contributed by atoms with Crippen molar-refractivity contribution in [2.24, 2.45) is 0 Å². The third kappa shape index (κ3) is 3.80. The van der Waals surface area contributed by atoms with Gasteiger partial charge in [-0.15, -0.1) is 0 Å². The van der Waals surface area contributed by atoms with Gasteiger partial charge < -0.3 is 10.6 Å². The van der Waals surface area contributed by atoms with E-state index in [1.54, 1.807) is 67.1 Å². The lowest BCUT2D eigenvalue weighted by atomic mass is 10.2. The Kier molecular flexibility index (Phi) is 4.57. The molecular weight excluding hydrogens is 304 g/mol. The van der Waals surface area contributed by atoms with Crippen LogP contribution in [-0.2, 0) is 0 Å². The van der Waals surface area contributed by atoms with Gasteiger partial charge in [0.2, 0.25) is 0 Å². The highest BCUT2D eigenvalue weighted by Crippen LogP contribution is 2.13. The lowest BCUT2D eigenvalue weighted by Gasteiger charge is -2.07. The molecule has 0 aliphatic rings. The molecule has 0 radical (unpaired) electrons. The van der Waals surface area contributed by atoms with E-state index in [9.17, 15) is 9.59 Å². The molecule has 0 aliphatic carbocycles. The summed E-state index contributed by atoms with van der Waals surface area (Å²) >= 11 is 0. The highest BCUT2D eigenvalue weighted by Gasteiger charge is 2.08. The van der Waals surface area contributed by atoms with Gasteiger partial charge in [0.25, 0.3) is 11.8 Å². The molecule has 6 nitrogen and oxygen atoms in total. The predicted molar refractivity (Wildman–Crippen MR) is 90.8 cm³/mol. The number of aromatic nitrogens is 2. The maximum atomic E-state index is 12.1. The minimum atomic E-state index is -0.254. The number of nitrogens with one attached hydrogen (secondary N) is 2. The molecule has 2 N–H and O–H groups in total. The van der Waals surface area contributed by atoms with Gasteiger partial charge in [-0.25, -0.2) is 0 Å². The molecule has 6 heteroatoms. The van der Waals surface area contributed by atoms with E-state index in [0.29, 0.717) is 22.5 Å². The van der Waals surface area contributed by atoms with E-state index < -0.39 is 0 Å². The lowest BCUT2D eigenvalue weighted by molar-refractivity contribution is 0.101. The van der Waals surface area contributed by atoms with E-state index in [-0.39, 0.29) is 11.8 Å². The average Bonchev–Trinajstić information content (AvgIpc) is 2.64. The summed E-state index contributed by atoms with van der Waals surface area (Å²) in [7, 11) is 0. The summed E-state index contributed by atoms with van der Waals surface area (Å²) in [5.41, 5.74) is 2.17. The molecule has 0 bridgehead atoms. The number of hydrogen-bond acceptors (Lipinski definition) is 4. The molecule has 2 amide bonds. The molecule has 2 heterocycles. The summed E-state index contributed by atoms with van der Waals surface area (Å²) in [5.74, 6) is -0.496. The van der Waals surface area contributed by atoms with Crippen molar-refractivity contribution < 1.29 is 9.59 Å². The van der Waals surface area contributed by atoms with Crippen LogP contribution >= 0.6 is 0 Å². The van der Waals surface area contributed by atoms with Crippen LogP contribution in [0.2, 0.25) is 0 Å². The zero-order valence-electron chi connectivity index (χ0n) is 12.6. The standard InChI is InChI=1S/C18H14N4O2/c23-17(22-16-4-2-10-20-12-16)13-5-7-15(8-6-13)21-18(24)14-3-1-9-19-11-14/h1-12H,(H,21,24)(H,22,23). The van der Waals surface area contributed by atoms with Crippen molar-refractivity contribution in [3.63, 3.8) is 0 Å². The SMILES string of the molecule is O=C(Nc1cccnc1)c1ccc(NC(=O)c2cccnc2)cc1. The van der Waals surface area contributed by atoms with Crippen LogP contribution in [0.25, 0.3) is 0 Å². The number of carbonyl (C=O) groups excluding carboxylic acids is 2. The molecule has 0 spiro atoms. The van der Waals surface area contributed by atoms with E-state index in [1.165, 1.54) is 6.20 Å². The Labute approximate surface area is 138 Å². The van der Waals surface area contributed by atoms with Crippen molar-refractivity contribution in [1.82, 2.24) is 9.97 Å². The monoisotopic (exact) mass is 318 g/mol. The van der Waals surface area contributed by atoms with Gasteiger partial charge in [0.05, 0.1) is 17.4 Å². The molecule has 0 unspecified atom stereocenters. The zero-order chi connectivity index (χ0) is 16.8. The molecule has 24 heavy (non-hydrogen) atoms. The fourth-order valence-corrected chi connectivity index (χ4v) is 2.05. The normalized spacial score (nSPS) is 10.0. The Hall–Kier alpha value is -3.54. The van der Waals surface area contributed by atoms with Crippen LogP contribution in [0, 0.1) is 0 Å². The first-order valence-electron chi connectivity index (χ1n) is 7.25. The van der Waals surface area contributed by atoms with Crippen molar-refractivity contribution in [2.75, 3.05) is 10.6 Å².